The van der Waals surface area contributed by atoms with Crippen LogP contribution in [0.3, 0.4) is 0 Å². The average molecular weight is 423 g/mol. The molecular weight excluding hydrogens is 408 g/mol. The van der Waals surface area contributed by atoms with Gasteiger partial charge in [0.25, 0.3) is 10.0 Å². The van der Waals surface area contributed by atoms with Gasteiger partial charge in [-0.15, -0.1) is 0 Å². The number of benzene rings is 3. The van der Waals surface area contributed by atoms with Crippen molar-refractivity contribution in [3.8, 4) is 0 Å². The Morgan fingerprint density at radius 1 is 0.828 bits per heavy atom. The molecule has 0 aliphatic heterocycles. The monoisotopic (exact) mass is 422 g/mol. The highest BCUT2D eigenvalue weighted by Crippen LogP contribution is 2.19. The number of para-hydroxylation sites is 1. The Hall–Kier alpha value is -3.22. The third kappa shape index (κ3) is 3.72. The normalized spacial score (nSPS) is 12.2. The van der Waals surface area contributed by atoms with E-state index in [1.165, 1.54) is 22.3 Å². The Balaban J connectivity index is 2.00. The molecule has 0 aliphatic carbocycles. The summed E-state index contributed by atoms with van der Waals surface area (Å²) in [5.74, 6) is -0.333. The van der Waals surface area contributed by atoms with E-state index in [0.29, 0.717) is 16.5 Å². The molecule has 4 rings (SSSR count). The first-order valence-electron chi connectivity index (χ1n) is 8.74. The number of ketones is 1. The molecule has 0 spiro atoms. The third-order valence-electron chi connectivity index (χ3n) is 4.40. The summed E-state index contributed by atoms with van der Waals surface area (Å²) in [7, 11) is -3.96. The SMILES string of the molecule is O=C(c1ccccc1)c1cc(=NS(=O)(=O)c2ccccc2)c2ccccc2n1Cl. The second-order valence-electron chi connectivity index (χ2n) is 6.29. The lowest BCUT2D eigenvalue weighted by molar-refractivity contribution is 0.103. The van der Waals surface area contributed by atoms with Gasteiger partial charge in [0, 0.05) is 22.7 Å². The quantitative estimate of drug-likeness (QED) is 0.463. The number of fused-ring (bicyclic) bond motifs is 1. The van der Waals surface area contributed by atoms with Crippen LogP contribution < -0.4 is 5.36 Å². The van der Waals surface area contributed by atoms with Crippen molar-refractivity contribution >= 4 is 38.5 Å². The summed E-state index contributed by atoms with van der Waals surface area (Å²) in [4.78, 5) is 13.1. The van der Waals surface area contributed by atoms with Crippen molar-refractivity contribution in [2.75, 3.05) is 0 Å². The molecule has 1 heterocycles. The summed E-state index contributed by atoms with van der Waals surface area (Å²) in [6.45, 7) is 0. The molecule has 5 nitrogen and oxygen atoms in total. The van der Waals surface area contributed by atoms with Crippen molar-refractivity contribution in [1.29, 1.82) is 0 Å². The Bertz CT molecular complexity index is 1380. The van der Waals surface area contributed by atoms with Gasteiger partial charge in [0.1, 0.15) is 5.69 Å². The molecule has 29 heavy (non-hydrogen) atoms. The molecule has 0 saturated carbocycles. The Morgan fingerprint density at radius 3 is 2.10 bits per heavy atom. The van der Waals surface area contributed by atoms with Crippen LogP contribution in [0.2, 0.25) is 0 Å². The molecule has 0 bridgehead atoms. The lowest BCUT2D eigenvalue weighted by atomic mass is 10.1. The van der Waals surface area contributed by atoms with Crippen molar-refractivity contribution in [2.45, 2.75) is 4.90 Å². The maximum atomic E-state index is 13.0. The van der Waals surface area contributed by atoms with E-state index in [9.17, 15) is 13.2 Å². The zero-order valence-electron chi connectivity index (χ0n) is 15.1. The smallest absolute Gasteiger partial charge is 0.282 e. The lowest BCUT2D eigenvalue weighted by Crippen LogP contribution is -2.17. The van der Waals surface area contributed by atoms with Crippen LogP contribution in [0.25, 0.3) is 10.9 Å². The van der Waals surface area contributed by atoms with Gasteiger partial charge >= 0.3 is 0 Å². The number of hydrogen-bond donors (Lipinski definition) is 0. The number of aromatic nitrogens is 1. The molecule has 0 aliphatic rings. The third-order valence-corrected chi connectivity index (χ3v) is 6.07. The van der Waals surface area contributed by atoms with Crippen molar-refractivity contribution in [3.05, 3.63) is 108 Å². The van der Waals surface area contributed by atoms with E-state index in [4.69, 9.17) is 11.8 Å². The number of nitrogens with zero attached hydrogens (tertiary/aromatic N) is 2. The van der Waals surface area contributed by atoms with Gasteiger partial charge in [-0.25, -0.2) is 4.09 Å². The van der Waals surface area contributed by atoms with Crippen molar-refractivity contribution < 1.29 is 13.2 Å². The fourth-order valence-corrected chi connectivity index (χ4v) is 4.29. The highest BCUT2D eigenvalue weighted by atomic mass is 35.5. The van der Waals surface area contributed by atoms with E-state index in [1.807, 2.05) is 0 Å². The first kappa shape index (κ1) is 19.1. The molecule has 144 valence electrons. The number of pyridine rings is 1. The molecule has 0 radical (unpaired) electrons. The van der Waals surface area contributed by atoms with Crippen LogP contribution in [0.1, 0.15) is 16.1 Å². The molecule has 0 amide bonds. The minimum Gasteiger partial charge on any atom is -0.287 e. The molecule has 7 heteroatoms. The van der Waals surface area contributed by atoms with Gasteiger partial charge in [-0.05, 0) is 24.3 Å². The Morgan fingerprint density at radius 2 is 1.41 bits per heavy atom. The van der Waals surface area contributed by atoms with Crippen LogP contribution in [0, 0.1) is 0 Å². The number of carbonyl (C=O) groups is 1. The minimum absolute atomic E-state index is 0.0719. The molecule has 1 aromatic heterocycles. The minimum atomic E-state index is -3.96. The maximum Gasteiger partial charge on any atom is 0.282 e. The molecule has 0 N–H and O–H groups in total. The molecule has 0 fully saturated rings. The zero-order chi connectivity index (χ0) is 20.4. The van der Waals surface area contributed by atoms with Crippen LogP contribution in [0.15, 0.2) is 100 Å². The summed E-state index contributed by atoms with van der Waals surface area (Å²) in [5.41, 5.74) is 1.05. The van der Waals surface area contributed by atoms with E-state index >= 15 is 0 Å². The van der Waals surface area contributed by atoms with Crippen molar-refractivity contribution in [1.82, 2.24) is 4.09 Å². The predicted molar refractivity (Wildman–Crippen MR) is 112 cm³/mol. The van der Waals surface area contributed by atoms with Crippen LogP contribution in [0.5, 0.6) is 0 Å². The highest BCUT2D eigenvalue weighted by Gasteiger charge is 2.17. The topological polar surface area (TPSA) is 68.5 Å². The number of rotatable bonds is 4. The Kier molecular flexibility index (Phi) is 5.05. The number of hydrogen-bond acceptors (Lipinski definition) is 3. The lowest BCUT2D eigenvalue weighted by Gasteiger charge is -2.10. The van der Waals surface area contributed by atoms with Gasteiger partial charge in [0.05, 0.1) is 15.8 Å². The summed E-state index contributed by atoms with van der Waals surface area (Å²) < 4.78 is 30.8. The van der Waals surface area contributed by atoms with E-state index in [-0.39, 0.29) is 21.7 Å². The van der Waals surface area contributed by atoms with Crippen LogP contribution >= 0.6 is 11.8 Å². The van der Waals surface area contributed by atoms with Gasteiger partial charge in [-0.2, -0.15) is 12.8 Å². The van der Waals surface area contributed by atoms with E-state index in [0.717, 1.165) is 0 Å². The number of carbonyl (C=O) groups excluding carboxylic acids is 1. The van der Waals surface area contributed by atoms with Gasteiger partial charge < -0.3 is 0 Å². The molecular formula is C22H15ClN2O3S. The van der Waals surface area contributed by atoms with Crippen LogP contribution in [0.4, 0.5) is 0 Å². The molecule has 0 unspecified atom stereocenters. The second kappa shape index (κ2) is 7.66. The predicted octanol–water partition coefficient (Wildman–Crippen LogP) is 4.16. The van der Waals surface area contributed by atoms with Gasteiger partial charge in [-0.1, -0.05) is 66.7 Å². The summed E-state index contributed by atoms with van der Waals surface area (Å²) >= 11 is 6.45. The standard InChI is InChI=1S/C22H15ClN2O3S/c23-25-20-14-8-7-13-18(20)19(24-29(27,28)17-11-5-2-6-12-17)15-21(25)22(26)16-9-3-1-4-10-16/h1-15H. The first-order chi connectivity index (χ1) is 14.0. The van der Waals surface area contributed by atoms with Gasteiger partial charge in [0.2, 0.25) is 5.78 Å². The molecule has 0 saturated heterocycles. The second-order valence-corrected chi connectivity index (χ2v) is 8.23. The van der Waals surface area contributed by atoms with E-state index in [1.54, 1.807) is 72.8 Å². The molecule has 4 aromatic rings. The number of sulfonamides is 1. The zero-order valence-corrected chi connectivity index (χ0v) is 16.6. The first-order valence-corrected chi connectivity index (χ1v) is 10.5. The van der Waals surface area contributed by atoms with E-state index in [2.05, 4.69) is 4.40 Å². The average Bonchev–Trinajstić information content (AvgIpc) is 2.76. The van der Waals surface area contributed by atoms with E-state index < -0.39 is 10.0 Å². The molecule has 0 atom stereocenters. The van der Waals surface area contributed by atoms with Crippen LogP contribution in [-0.2, 0) is 10.0 Å². The number of halogens is 1. The van der Waals surface area contributed by atoms with Crippen molar-refractivity contribution in [3.63, 3.8) is 0 Å². The van der Waals surface area contributed by atoms with Crippen LogP contribution in [-0.4, -0.2) is 18.3 Å². The van der Waals surface area contributed by atoms with Gasteiger partial charge in [0.15, 0.2) is 0 Å². The summed E-state index contributed by atoms with van der Waals surface area (Å²) in [6.07, 6.45) is 0. The fourth-order valence-electron chi connectivity index (χ4n) is 3.00. The largest absolute Gasteiger partial charge is 0.287 e. The highest BCUT2D eigenvalue weighted by molar-refractivity contribution is 7.90. The fraction of sp³-hybridized carbons (Fsp3) is 0. The Labute approximate surface area is 172 Å². The van der Waals surface area contributed by atoms with Crippen molar-refractivity contribution in [2.24, 2.45) is 4.40 Å². The summed E-state index contributed by atoms with van der Waals surface area (Å²) in [6, 6.07) is 24.9. The summed E-state index contributed by atoms with van der Waals surface area (Å²) in [5, 5.41) is 0.673. The maximum absolute atomic E-state index is 13.0. The molecule has 3 aromatic carbocycles. The van der Waals surface area contributed by atoms with Gasteiger partial charge in [-0.3, -0.25) is 4.79 Å².